The van der Waals surface area contributed by atoms with Crippen LogP contribution in [0.1, 0.15) is 70.4 Å². The fraction of sp³-hybridized carbons (Fsp3) is 0.654. The van der Waals surface area contributed by atoms with Gasteiger partial charge in [-0.15, -0.1) is 0 Å². The van der Waals surface area contributed by atoms with E-state index < -0.39 is 5.41 Å². The first-order valence-corrected chi connectivity index (χ1v) is 12.2. The molecular weight excluding hydrogens is 418 g/mol. The van der Waals surface area contributed by atoms with E-state index in [-0.39, 0.29) is 30.8 Å². The molecule has 182 valence electrons. The molecule has 2 aromatic rings. The van der Waals surface area contributed by atoms with E-state index in [4.69, 9.17) is 9.72 Å². The third kappa shape index (κ3) is 5.57. The van der Waals surface area contributed by atoms with Crippen molar-refractivity contribution < 1.29 is 19.4 Å². The minimum Gasteiger partial charge on any atom is -0.497 e. The average molecular weight is 458 g/mol. The molecule has 1 heterocycles. The van der Waals surface area contributed by atoms with E-state index in [0.717, 1.165) is 24.8 Å². The lowest BCUT2D eigenvalue weighted by Gasteiger charge is -2.35. The number of hydrogen-bond acceptors (Lipinski definition) is 5. The predicted molar refractivity (Wildman–Crippen MR) is 129 cm³/mol. The van der Waals surface area contributed by atoms with E-state index in [0.29, 0.717) is 48.9 Å². The Balaban J connectivity index is 1.97. The molecule has 1 fully saturated rings. The Morgan fingerprint density at radius 3 is 2.58 bits per heavy atom. The number of aliphatic hydroxyl groups is 1. The van der Waals surface area contributed by atoms with Gasteiger partial charge in [0.2, 0.25) is 11.7 Å². The van der Waals surface area contributed by atoms with Gasteiger partial charge in [-0.2, -0.15) is 0 Å². The van der Waals surface area contributed by atoms with Crippen LogP contribution < -0.4 is 4.74 Å². The van der Waals surface area contributed by atoms with Crippen LogP contribution in [0.4, 0.5) is 0 Å². The fourth-order valence-electron chi connectivity index (χ4n) is 4.67. The molecule has 0 bridgehead atoms. The summed E-state index contributed by atoms with van der Waals surface area (Å²) in [5.74, 6) is 1.75. The van der Waals surface area contributed by atoms with Crippen LogP contribution in [-0.4, -0.2) is 58.1 Å². The summed E-state index contributed by atoms with van der Waals surface area (Å²) in [6, 6.07) is 5.51. The normalized spacial score (nSPS) is 20.9. The first kappa shape index (κ1) is 25.2. The molecule has 3 rings (SSSR count). The lowest BCUT2D eigenvalue weighted by Crippen LogP contribution is -2.38. The van der Waals surface area contributed by atoms with E-state index in [1.807, 2.05) is 36.9 Å². The Kier molecular flexibility index (Phi) is 8.16. The van der Waals surface area contributed by atoms with Crippen molar-refractivity contribution in [2.45, 2.75) is 66.3 Å². The number of nitrogens with zero attached hydrogens (tertiary/aromatic N) is 3. The molecule has 1 aliphatic carbocycles. The Morgan fingerprint density at radius 2 is 2.00 bits per heavy atom. The summed E-state index contributed by atoms with van der Waals surface area (Å²) in [4.78, 5) is 33.6. The topological polar surface area (TPSA) is 84.7 Å². The maximum absolute atomic E-state index is 13.8. The number of rotatable bonds is 10. The summed E-state index contributed by atoms with van der Waals surface area (Å²) in [6.45, 7) is 9.85. The van der Waals surface area contributed by atoms with Gasteiger partial charge in [0.05, 0.1) is 18.1 Å². The van der Waals surface area contributed by atoms with Gasteiger partial charge in [0.15, 0.2) is 5.82 Å². The molecule has 0 radical (unpaired) electrons. The molecule has 1 amide bonds. The van der Waals surface area contributed by atoms with Gasteiger partial charge in [-0.3, -0.25) is 9.59 Å². The number of amides is 1. The summed E-state index contributed by atoms with van der Waals surface area (Å²) in [5.41, 5.74) is 0.878. The molecular formula is C26H39N3O4. The first-order valence-electron chi connectivity index (χ1n) is 12.2. The van der Waals surface area contributed by atoms with E-state index >= 15 is 0 Å². The van der Waals surface area contributed by atoms with Crippen LogP contribution >= 0.6 is 0 Å². The van der Waals surface area contributed by atoms with Crippen LogP contribution in [0.2, 0.25) is 0 Å². The number of imidazole rings is 1. The summed E-state index contributed by atoms with van der Waals surface area (Å²) in [7, 11) is 1.60. The summed E-state index contributed by atoms with van der Waals surface area (Å²) >= 11 is 0. The molecule has 1 aliphatic rings. The molecule has 1 N–H and O–H groups in total. The quantitative estimate of drug-likeness (QED) is 0.538. The van der Waals surface area contributed by atoms with Crippen LogP contribution in [0.25, 0.3) is 11.0 Å². The van der Waals surface area contributed by atoms with Gasteiger partial charge < -0.3 is 19.3 Å². The maximum atomic E-state index is 13.8. The van der Waals surface area contributed by atoms with Gasteiger partial charge in [0.1, 0.15) is 12.3 Å². The highest BCUT2D eigenvalue weighted by atomic mass is 16.5. The number of aromatic nitrogens is 2. The fourth-order valence-corrected chi connectivity index (χ4v) is 4.67. The van der Waals surface area contributed by atoms with Crippen molar-refractivity contribution in [3.05, 3.63) is 24.0 Å². The lowest BCUT2D eigenvalue weighted by molar-refractivity contribution is -0.131. The highest BCUT2D eigenvalue weighted by Gasteiger charge is 2.40. The molecule has 0 unspecified atom stereocenters. The first-order chi connectivity index (χ1) is 15.7. The number of hydrogen-bond donors (Lipinski definition) is 1. The van der Waals surface area contributed by atoms with E-state index in [1.165, 1.54) is 0 Å². The zero-order valence-corrected chi connectivity index (χ0v) is 20.8. The molecule has 0 atom stereocenters. The van der Waals surface area contributed by atoms with Crippen molar-refractivity contribution in [1.29, 1.82) is 0 Å². The van der Waals surface area contributed by atoms with Crippen molar-refractivity contribution in [2.24, 2.45) is 17.3 Å². The van der Waals surface area contributed by atoms with E-state index in [1.54, 1.807) is 11.7 Å². The van der Waals surface area contributed by atoms with E-state index in [2.05, 4.69) is 13.8 Å². The van der Waals surface area contributed by atoms with Crippen LogP contribution in [0.5, 0.6) is 5.75 Å². The lowest BCUT2D eigenvalue weighted by atomic mass is 9.69. The molecule has 0 aliphatic heterocycles. The number of Topliss-reactive ketones (excluding diaryl/α,β-unsaturated/α-hetero) is 1. The Bertz CT molecular complexity index is 973. The molecule has 7 nitrogen and oxygen atoms in total. The Hall–Kier alpha value is -2.41. The van der Waals surface area contributed by atoms with Gasteiger partial charge in [0, 0.05) is 31.2 Å². The minimum atomic E-state index is -0.542. The summed E-state index contributed by atoms with van der Waals surface area (Å²) in [5, 5.41) is 9.50. The molecule has 0 saturated heterocycles. The second-order valence-electron chi connectivity index (χ2n) is 10.0. The number of aliphatic hydroxyl groups excluding tert-OH is 1. The number of fused-ring (bicyclic) bond motifs is 1. The minimum absolute atomic E-state index is 0.0107. The van der Waals surface area contributed by atoms with Crippen molar-refractivity contribution in [3.63, 3.8) is 0 Å². The zero-order valence-electron chi connectivity index (χ0n) is 20.8. The van der Waals surface area contributed by atoms with Gasteiger partial charge in [-0.05, 0) is 63.0 Å². The second-order valence-corrected chi connectivity index (χ2v) is 10.0. The Labute approximate surface area is 197 Å². The van der Waals surface area contributed by atoms with Crippen molar-refractivity contribution in [2.75, 3.05) is 26.8 Å². The summed E-state index contributed by atoms with van der Waals surface area (Å²) < 4.78 is 7.18. The van der Waals surface area contributed by atoms with Crippen LogP contribution in [0.3, 0.4) is 0 Å². The number of carbonyl (C=O) groups excluding carboxylic acids is 2. The molecule has 33 heavy (non-hydrogen) atoms. The zero-order chi connectivity index (χ0) is 24.2. The highest BCUT2D eigenvalue weighted by Crippen LogP contribution is 2.41. The van der Waals surface area contributed by atoms with Crippen molar-refractivity contribution in [3.8, 4) is 5.75 Å². The number of likely N-dealkylation sites (N-methyl/N-ethyl adjacent to an activating group) is 1. The number of methoxy groups -OCH3 is 1. The molecule has 1 saturated carbocycles. The van der Waals surface area contributed by atoms with Gasteiger partial charge in [0.25, 0.3) is 0 Å². The largest absolute Gasteiger partial charge is 0.497 e. The average Bonchev–Trinajstić information content (AvgIpc) is 3.16. The molecule has 7 heteroatoms. The third-order valence-electron chi connectivity index (χ3n) is 7.18. The van der Waals surface area contributed by atoms with Gasteiger partial charge in [-0.1, -0.05) is 20.8 Å². The number of benzene rings is 1. The van der Waals surface area contributed by atoms with Crippen LogP contribution in [-0.2, 0) is 11.3 Å². The number of ether oxygens (including phenoxy) is 1. The Morgan fingerprint density at radius 1 is 1.30 bits per heavy atom. The third-order valence-corrected chi connectivity index (χ3v) is 7.18. The van der Waals surface area contributed by atoms with Gasteiger partial charge in [-0.25, -0.2) is 4.98 Å². The SMILES string of the molecule is CCN(CCC(C)C)C(=O)Cn1c(C(=O)C2(C)CCC(CO)CC2)nc2ccc(OC)cc21. The van der Waals surface area contributed by atoms with Crippen LogP contribution in [0, 0.1) is 17.3 Å². The summed E-state index contributed by atoms with van der Waals surface area (Å²) in [6.07, 6.45) is 4.02. The highest BCUT2D eigenvalue weighted by molar-refractivity contribution is 6.01. The monoisotopic (exact) mass is 457 g/mol. The van der Waals surface area contributed by atoms with Crippen molar-refractivity contribution in [1.82, 2.24) is 14.5 Å². The molecule has 1 aromatic carbocycles. The maximum Gasteiger partial charge on any atom is 0.242 e. The molecule has 0 spiro atoms. The van der Waals surface area contributed by atoms with Gasteiger partial charge >= 0.3 is 0 Å². The van der Waals surface area contributed by atoms with Crippen molar-refractivity contribution >= 4 is 22.7 Å². The smallest absolute Gasteiger partial charge is 0.242 e. The van der Waals surface area contributed by atoms with E-state index in [9.17, 15) is 14.7 Å². The predicted octanol–water partition coefficient (Wildman–Crippen LogP) is 4.31. The standard InChI is InChI=1S/C26H39N3O4/c1-6-28(14-11-18(2)3)23(31)16-29-22-15-20(33-5)7-8-21(22)27-25(29)24(32)26(4)12-9-19(17-30)10-13-26/h7-8,15,18-19,30H,6,9-14,16-17H2,1-5H3. The number of carbonyl (C=O) groups is 2. The van der Waals surface area contributed by atoms with Crippen LogP contribution in [0.15, 0.2) is 18.2 Å². The second kappa shape index (κ2) is 10.7. The molecule has 1 aromatic heterocycles. The number of ketones is 1.